The van der Waals surface area contributed by atoms with Crippen LogP contribution in [-0.4, -0.2) is 52.3 Å². The van der Waals surface area contributed by atoms with Gasteiger partial charge in [0.05, 0.1) is 23.0 Å². The number of carbonyl (C=O) groups is 1. The van der Waals surface area contributed by atoms with Crippen molar-refractivity contribution < 1.29 is 21.6 Å². The van der Waals surface area contributed by atoms with Gasteiger partial charge in [-0.1, -0.05) is 44.0 Å². The summed E-state index contributed by atoms with van der Waals surface area (Å²) in [6.07, 6.45) is 5.04. The third-order valence-corrected chi connectivity index (χ3v) is 13.0. The number of sulfone groups is 2. The molecule has 6 nitrogen and oxygen atoms in total. The molecular formula is C27H31Br2NO5S2. The van der Waals surface area contributed by atoms with Crippen LogP contribution in [0.2, 0.25) is 0 Å². The van der Waals surface area contributed by atoms with Gasteiger partial charge in [-0.15, -0.1) is 0 Å². The number of rotatable bonds is 0. The average Bonchev–Trinajstić information content (AvgIpc) is 3.34. The third-order valence-electron chi connectivity index (χ3n) is 8.74. The van der Waals surface area contributed by atoms with Gasteiger partial charge in [-0.05, 0) is 84.9 Å². The van der Waals surface area contributed by atoms with Crippen molar-refractivity contribution in [3.63, 3.8) is 0 Å². The van der Waals surface area contributed by atoms with Crippen molar-refractivity contribution >= 4 is 63.1 Å². The molecule has 0 atom stereocenters. The van der Waals surface area contributed by atoms with Crippen LogP contribution >= 0.6 is 31.9 Å². The summed E-state index contributed by atoms with van der Waals surface area (Å²) >= 11 is 6.94. The molecule has 2 saturated heterocycles. The Bertz CT molecular complexity index is 1440. The van der Waals surface area contributed by atoms with Crippen LogP contribution in [-0.2, 0) is 41.7 Å². The van der Waals surface area contributed by atoms with Gasteiger partial charge in [0.2, 0.25) is 5.91 Å². The number of amides is 1. The summed E-state index contributed by atoms with van der Waals surface area (Å²) in [5.41, 5.74) is 4.81. The number of fused-ring (bicyclic) bond motifs is 4. The van der Waals surface area contributed by atoms with Crippen LogP contribution in [0.4, 0.5) is 5.69 Å². The Kier molecular flexibility index (Phi) is 7.21. The fourth-order valence-electron chi connectivity index (χ4n) is 6.53. The molecule has 0 radical (unpaired) electrons. The summed E-state index contributed by atoms with van der Waals surface area (Å²) in [7, 11) is -5.67. The zero-order valence-corrected chi connectivity index (χ0v) is 25.6. The molecule has 10 heteroatoms. The van der Waals surface area contributed by atoms with E-state index in [0.29, 0.717) is 30.9 Å². The second-order valence-electron chi connectivity index (χ2n) is 10.9. The summed E-state index contributed by atoms with van der Waals surface area (Å²) < 4.78 is 48.5. The molecule has 0 bridgehead atoms. The Morgan fingerprint density at radius 2 is 1.27 bits per heavy atom. The number of nitrogens with zero attached hydrogens (tertiary/aromatic N) is 1. The van der Waals surface area contributed by atoms with E-state index in [1.54, 1.807) is 11.8 Å². The van der Waals surface area contributed by atoms with E-state index in [0.717, 1.165) is 45.9 Å². The lowest BCUT2D eigenvalue weighted by atomic mass is 9.77. The molecule has 0 N–H and O–H groups in total. The van der Waals surface area contributed by atoms with Crippen molar-refractivity contribution in [2.75, 3.05) is 34.5 Å². The smallest absolute Gasteiger partial charge is 0.223 e. The van der Waals surface area contributed by atoms with Gasteiger partial charge < -0.3 is 4.90 Å². The monoisotopic (exact) mass is 671 g/mol. The Morgan fingerprint density at radius 3 is 1.84 bits per heavy atom. The second kappa shape index (κ2) is 9.75. The van der Waals surface area contributed by atoms with Gasteiger partial charge in [-0.2, -0.15) is 0 Å². The van der Waals surface area contributed by atoms with Crippen LogP contribution < -0.4 is 4.90 Å². The minimum atomic E-state index is -2.91. The molecule has 0 saturated carbocycles. The molecule has 200 valence electrons. The Hall–Kier alpha value is -1.23. The first-order valence-corrected chi connectivity index (χ1v) is 17.8. The molecule has 3 heterocycles. The molecule has 0 aromatic heterocycles. The molecule has 2 aromatic carbocycles. The quantitative estimate of drug-likeness (QED) is 0.389. The molecule has 6 rings (SSSR count). The zero-order chi connectivity index (χ0) is 26.6. The first-order chi connectivity index (χ1) is 17.3. The van der Waals surface area contributed by atoms with Crippen LogP contribution in [0.25, 0.3) is 0 Å². The highest BCUT2D eigenvalue weighted by atomic mass is 79.9. The fraction of sp³-hybridized carbons (Fsp3) is 0.519. The molecule has 2 aromatic rings. The van der Waals surface area contributed by atoms with E-state index in [9.17, 15) is 21.6 Å². The largest absolute Gasteiger partial charge is 0.311 e. The number of benzene rings is 2. The van der Waals surface area contributed by atoms with E-state index in [1.165, 1.54) is 11.1 Å². The number of halogens is 2. The third kappa shape index (κ3) is 5.32. The van der Waals surface area contributed by atoms with Crippen molar-refractivity contribution in [1.82, 2.24) is 0 Å². The minimum Gasteiger partial charge on any atom is -0.311 e. The molecule has 4 aliphatic rings. The van der Waals surface area contributed by atoms with Crippen LogP contribution in [0.5, 0.6) is 0 Å². The highest BCUT2D eigenvalue weighted by Crippen LogP contribution is 2.49. The summed E-state index contributed by atoms with van der Waals surface area (Å²) in [4.78, 5) is 13.6. The molecule has 3 aliphatic heterocycles. The predicted molar refractivity (Wildman–Crippen MR) is 154 cm³/mol. The Labute approximate surface area is 236 Å². The SMILES string of the molecule is CC(=O)N1CC2(CCS(=O)(=O)CC2)c2ccc(Br)cc21.O=S1(=O)CCC2(CCc3cc(Br)ccc32)CC1. The molecule has 37 heavy (non-hydrogen) atoms. The maximum absolute atomic E-state index is 11.9. The van der Waals surface area contributed by atoms with Gasteiger partial charge in [0.15, 0.2) is 0 Å². The maximum atomic E-state index is 11.9. The first kappa shape index (κ1) is 27.3. The van der Waals surface area contributed by atoms with Crippen LogP contribution in [0.15, 0.2) is 45.3 Å². The second-order valence-corrected chi connectivity index (χ2v) is 17.4. The van der Waals surface area contributed by atoms with Crippen molar-refractivity contribution in [3.8, 4) is 0 Å². The number of anilines is 1. The minimum absolute atomic E-state index is 0.00894. The lowest BCUT2D eigenvalue weighted by molar-refractivity contribution is -0.116. The average molecular weight is 673 g/mol. The van der Waals surface area contributed by atoms with Crippen LogP contribution in [0, 0.1) is 0 Å². The van der Waals surface area contributed by atoms with E-state index in [1.807, 2.05) is 18.2 Å². The van der Waals surface area contributed by atoms with Crippen molar-refractivity contribution in [1.29, 1.82) is 0 Å². The van der Waals surface area contributed by atoms with Gasteiger partial charge in [0, 0.05) is 33.5 Å². The summed E-state index contributed by atoms with van der Waals surface area (Å²) in [5.74, 6) is 1.17. The number of carbonyl (C=O) groups excluding carboxylic acids is 1. The topological polar surface area (TPSA) is 88.6 Å². The van der Waals surface area contributed by atoms with Gasteiger partial charge in [-0.3, -0.25) is 4.79 Å². The molecule has 0 unspecified atom stereocenters. The highest BCUT2D eigenvalue weighted by molar-refractivity contribution is 9.10. The van der Waals surface area contributed by atoms with Crippen LogP contribution in [0.1, 0.15) is 55.7 Å². The van der Waals surface area contributed by atoms with E-state index < -0.39 is 19.7 Å². The van der Waals surface area contributed by atoms with Gasteiger partial charge >= 0.3 is 0 Å². The molecule has 1 amide bonds. The molecule has 2 fully saturated rings. The number of hydrogen-bond donors (Lipinski definition) is 0. The van der Waals surface area contributed by atoms with Gasteiger partial charge in [-0.25, -0.2) is 16.8 Å². The van der Waals surface area contributed by atoms with E-state index in [2.05, 4.69) is 50.1 Å². The number of aryl methyl sites for hydroxylation is 1. The maximum Gasteiger partial charge on any atom is 0.223 e. The first-order valence-electron chi connectivity index (χ1n) is 12.6. The van der Waals surface area contributed by atoms with Gasteiger partial charge in [0.25, 0.3) is 0 Å². The molecule has 1 aliphatic carbocycles. The Balaban J connectivity index is 0.000000153. The summed E-state index contributed by atoms with van der Waals surface area (Å²) in [5, 5.41) is 0. The normalized spacial score (nSPS) is 23.7. The standard InChI is InChI=1S/C14H16BrNO3S.C13H15BrO2S/c1-10(17)16-9-14(4-6-20(18,19)7-5-14)12-3-2-11(15)8-13(12)16;14-11-1-2-12-10(9-11)3-4-13(12)5-7-17(15,16)8-6-13/h2-3,8H,4-7,9H2,1H3;1-2,9H,3-8H2. The van der Waals surface area contributed by atoms with Crippen molar-refractivity contribution in [3.05, 3.63) is 62.0 Å². The lowest BCUT2D eigenvalue weighted by Crippen LogP contribution is -2.42. The van der Waals surface area contributed by atoms with Crippen molar-refractivity contribution in [2.45, 2.75) is 56.3 Å². The lowest BCUT2D eigenvalue weighted by Gasteiger charge is -2.34. The van der Waals surface area contributed by atoms with E-state index >= 15 is 0 Å². The zero-order valence-electron chi connectivity index (χ0n) is 20.8. The van der Waals surface area contributed by atoms with Crippen molar-refractivity contribution in [2.24, 2.45) is 0 Å². The van der Waals surface area contributed by atoms with Crippen LogP contribution in [0.3, 0.4) is 0 Å². The predicted octanol–water partition coefficient (Wildman–Crippen LogP) is 5.10. The number of hydrogen-bond acceptors (Lipinski definition) is 5. The fourth-order valence-corrected chi connectivity index (χ4v) is 10.5. The van der Waals surface area contributed by atoms with Gasteiger partial charge in [0.1, 0.15) is 19.7 Å². The Morgan fingerprint density at radius 1 is 0.757 bits per heavy atom. The van der Waals surface area contributed by atoms with E-state index in [4.69, 9.17) is 0 Å². The molecular weight excluding hydrogens is 642 g/mol. The molecule has 2 spiro atoms. The summed E-state index contributed by atoms with van der Waals surface area (Å²) in [6, 6.07) is 12.4. The summed E-state index contributed by atoms with van der Waals surface area (Å²) in [6.45, 7) is 2.16. The highest BCUT2D eigenvalue weighted by Gasteiger charge is 2.47. The van der Waals surface area contributed by atoms with E-state index in [-0.39, 0.29) is 28.2 Å².